The molecule has 2 fully saturated rings. The number of rotatable bonds is 8. The van der Waals surface area contributed by atoms with E-state index in [-0.39, 0.29) is 11.3 Å². The van der Waals surface area contributed by atoms with Gasteiger partial charge in [0.1, 0.15) is 18.1 Å². The van der Waals surface area contributed by atoms with Crippen molar-refractivity contribution in [3.63, 3.8) is 0 Å². The Balaban J connectivity index is 1.42. The summed E-state index contributed by atoms with van der Waals surface area (Å²) in [5.41, 5.74) is 3.54. The number of amides is 1. The number of nitrogens with zero attached hydrogens (tertiary/aromatic N) is 2. The molecular weight excluding hydrogens is 560 g/mol. The molecule has 2 aliphatic heterocycles. The highest BCUT2D eigenvalue weighted by molar-refractivity contribution is 9.10. The number of halogens is 1. The van der Waals surface area contributed by atoms with Gasteiger partial charge in [-0.3, -0.25) is 14.5 Å². The SMILES string of the molecule is Cc1ccccc1COc1ccc(/C(O)=C2\C(=O)C(=O)N(CCN3CCOCC3)C2c2cccc(Br)c2)cc1. The number of morpholine rings is 1. The fraction of sp³-hybridized carbons (Fsp3) is 0.290. The summed E-state index contributed by atoms with van der Waals surface area (Å²) < 4.78 is 12.2. The molecule has 0 aliphatic carbocycles. The first-order valence-corrected chi connectivity index (χ1v) is 13.8. The topological polar surface area (TPSA) is 79.3 Å². The van der Waals surface area contributed by atoms with Gasteiger partial charge in [-0.1, -0.05) is 52.3 Å². The molecule has 5 rings (SSSR count). The number of carbonyl (C=O) groups is 2. The largest absolute Gasteiger partial charge is 0.507 e. The summed E-state index contributed by atoms with van der Waals surface area (Å²) >= 11 is 3.50. The maximum atomic E-state index is 13.3. The molecule has 2 heterocycles. The van der Waals surface area contributed by atoms with Crippen LogP contribution in [0, 0.1) is 6.92 Å². The van der Waals surface area contributed by atoms with Crippen LogP contribution in [0.1, 0.15) is 28.3 Å². The number of aliphatic hydroxyl groups excluding tert-OH is 1. The zero-order valence-electron chi connectivity index (χ0n) is 21.8. The highest BCUT2D eigenvalue weighted by atomic mass is 79.9. The van der Waals surface area contributed by atoms with Gasteiger partial charge < -0.3 is 19.5 Å². The van der Waals surface area contributed by atoms with E-state index >= 15 is 0 Å². The van der Waals surface area contributed by atoms with Crippen molar-refractivity contribution in [1.82, 2.24) is 9.80 Å². The van der Waals surface area contributed by atoms with Crippen molar-refractivity contribution in [3.05, 3.63) is 105 Å². The molecule has 3 aromatic rings. The van der Waals surface area contributed by atoms with Gasteiger partial charge in [0, 0.05) is 36.2 Å². The van der Waals surface area contributed by atoms with Crippen LogP contribution in [0.5, 0.6) is 5.75 Å². The van der Waals surface area contributed by atoms with Crippen molar-refractivity contribution >= 4 is 33.4 Å². The summed E-state index contributed by atoms with van der Waals surface area (Å²) in [4.78, 5) is 30.4. The molecule has 0 bridgehead atoms. The summed E-state index contributed by atoms with van der Waals surface area (Å²) in [6, 6.07) is 21.8. The number of ether oxygens (including phenoxy) is 2. The summed E-state index contributed by atoms with van der Waals surface area (Å²) in [6.45, 7) is 6.32. The number of aryl methyl sites for hydroxylation is 1. The summed E-state index contributed by atoms with van der Waals surface area (Å²) in [6.07, 6.45) is 0. The Hall–Kier alpha value is -3.46. The molecule has 3 aromatic carbocycles. The van der Waals surface area contributed by atoms with Crippen LogP contribution in [0.25, 0.3) is 5.76 Å². The number of likely N-dealkylation sites (tertiary alicyclic amines) is 1. The first-order chi connectivity index (χ1) is 18.9. The minimum atomic E-state index is -0.694. The fourth-order valence-electron chi connectivity index (χ4n) is 5.01. The second kappa shape index (κ2) is 12.2. The molecule has 8 heteroatoms. The highest BCUT2D eigenvalue weighted by Crippen LogP contribution is 2.40. The molecule has 0 spiro atoms. The van der Waals surface area contributed by atoms with E-state index in [9.17, 15) is 14.7 Å². The second-order valence-corrected chi connectivity index (χ2v) is 10.7. The Bertz CT molecular complexity index is 1380. The lowest BCUT2D eigenvalue weighted by Crippen LogP contribution is -2.42. The average Bonchev–Trinajstić information content (AvgIpc) is 3.21. The van der Waals surface area contributed by atoms with Crippen LogP contribution in [0.4, 0.5) is 0 Å². The Morgan fingerprint density at radius 3 is 2.46 bits per heavy atom. The van der Waals surface area contributed by atoms with E-state index in [0.717, 1.165) is 34.3 Å². The molecule has 1 unspecified atom stereocenters. The molecule has 7 nitrogen and oxygen atoms in total. The quantitative estimate of drug-likeness (QED) is 0.224. The average molecular weight is 592 g/mol. The van der Waals surface area contributed by atoms with Gasteiger partial charge in [-0.05, 0) is 60.0 Å². The molecule has 0 aromatic heterocycles. The minimum Gasteiger partial charge on any atom is -0.507 e. The molecule has 2 aliphatic rings. The van der Waals surface area contributed by atoms with Crippen molar-refractivity contribution in [2.24, 2.45) is 0 Å². The van der Waals surface area contributed by atoms with E-state index in [1.54, 1.807) is 29.2 Å². The van der Waals surface area contributed by atoms with Crippen LogP contribution in [-0.2, 0) is 20.9 Å². The molecule has 1 atom stereocenters. The smallest absolute Gasteiger partial charge is 0.295 e. The summed E-state index contributed by atoms with van der Waals surface area (Å²) in [7, 11) is 0. The van der Waals surface area contributed by atoms with Crippen LogP contribution in [0.3, 0.4) is 0 Å². The van der Waals surface area contributed by atoms with Gasteiger partial charge in [-0.2, -0.15) is 0 Å². The van der Waals surface area contributed by atoms with Gasteiger partial charge in [-0.15, -0.1) is 0 Å². The van der Waals surface area contributed by atoms with Crippen LogP contribution >= 0.6 is 15.9 Å². The van der Waals surface area contributed by atoms with Crippen molar-refractivity contribution in [3.8, 4) is 5.75 Å². The Morgan fingerprint density at radius 1 is 1.00 bits per heavy atom. The molecular formula is C31H31BrN2O5. The number of benzene rings is 3. The Kier molecular flexibility index (Phi) is 8.45. The Labute approximate surface area is 236 Å². The van der Waals surface area contributed by atoms with E-state index in [2.05, 4.69) is 20.8 Å². The maximum Gasteiger partial charge on any atom is 0.295 e. The van der Waals surface area contributed by atoms with Crippen LogP contribution in [-0.4, -0.2) is 66.0 Å². The maximum absolute atomic E-state index is 13.3. The zero-order chi connectivity index (χ0) is 27.4. The predicted molar refractivity (Wildman–Crippen MR) is 152 cm³/mol. The van der Waals surface area contributed by atoms with Gasteiger partial charge in [0.25, 0.3) is 11.7 Å². The monoisotopic (exact) mass is 590 g/mol. The van der Waals surface area contributed by atoms with Gasteiger partial charge in [-0.25, -0.2) is 0 Å². The van der Waals surface area contributed by atoms with Crippen molar-refractivity contribution in [2.45, 2.75) is 19.6 Å². The number of aliphatic hydroxyl groups is 1. The predicted octanol–water partition coefficient (Wildman–Crippen LogP) is 5.09. The Morgan fingerprint density at radius 2 is 1.74 bits per heavy atom. The highest BCUT2D eigenvalue weighted by Gasteiger charge is 2.46. The van der Waals surface area contributed by atoms with Crippen molar-refractivity contribution in [2.75, 3.05) is 39.4 Å². The van der Waals surface area contributed by atoms with Crippen molar-refractivity contribution < 1.29 is 24.2 Å². The standard InChI is InChI=1S/C31H31BrN2O5/c1-21-5-2-3-6-24(21)20-39-26-11-9-22(10-12-26)29(35)27-28(23-7-4-8-25(32)19-23)34(31(37)30(27)36)14-13-33-15-17-38-18-16-33/h2-12,19,28,35H,13-18,20H2,1H3/b29-27+. The molecule has 2 saturated heterocycles. The lowest BCUT2D eigenvalue weighted by Gasteiger charge is -2.31. The van der Waals surface area contributed by atoms with E-state index in [0.29, 0.717) is 44.2 Å². The number of Topliss-reactive ketones (excluding diaryl/α,β-unsaturated/α-hetero) is 1. The van der Waals surface area contributed by atoms with Crippen molar-refractivity contribution in [1.29, 1.82) is 0 Å². The normalized spacial score (nSPS) is 19.4. The van der Waals surface area contributed by atoms with E-state index in [1.165, 1.54) is 0 Å². The number of hydrogen-bond donors (Lipinski definition) is 1. The van der Waals surface area contributed by atoms with Gasteiger partial charge in [0.2, 0.25) is 0 Å². The first kappa shape index (κ1) is 27.1. The molecule has 39 heavy (non-hydrogen) atoms. The van der Waals surface area contributed by atoms with Crippen LogP contribution < -0.4 is 4.74 Å². The lowest BCUT2D eigenvalue weighted by molar-refractivity contribution is -0.140. The summed E-state index contributed by atoms with van der Waals surface area (Å²) in [5, 5.41) is 11.4. The van der Waals surface area contributed by atoms with E-state index < -0.39 is 17.7 Å². The lowest BCUT2D eigenvalue weighted by atomic mass is 9.95. The van der Waals surface area contributed by atoms with E-state index in [4.69, 9.17) is 9.47 Å². The van der Waals surface area contributed by atoms with Crippen LogP contribution in [0.15, 0.2) is 82.8 Å². The third-order valence-corrected chi connectivity index (χ3v) is 7.74. The number of carbonyl (C=O) groups excluding carboxylic acids is 2. The number of hydrogen-bond acceptors (Lipinski definition) is 6. The molecule has 202 valence electrons. The number of ketones is 1. The molecule has 0 saturated carbocycles. The van der Waals surface area contributed by atoms with Gasteiger partial charge >= 0.3 is 0 Å². The minimum absolute atomic E-state index is 0.0913. The molecule has 1 amide bonds. The third-order valence-electron chi connectivity index (χ3n) is 7.25. The third kappa shape index (κ3) is 6.08. The molecule has 1 N–H and O–H groups in total. The zero-order valence-corrected chi connectivity index (χ0v) is 23.4. The molecule has 0 radical (unpaired) electrons. The van der Waals surface area contributed by atoms with E-state index in [1.807, 2.05) is 55.5 Å². The first-order valence-electron chi connectivity index (χ1n) is 13.0. The second-order valence-electron chi connectivity index (χ2n) is 9.74. The summed E-state index contributed by atoms with van der Waals surface area (Å²) in [5.74, 6) is -0.839. The fourth-order valence-corrected chi connectivity index (χ4v) is 5.42. The van der Waals surface area contributed by atoms with Gasteiger partial charge in [0.05, 0.1) is 24.8 Å². The van der Waals surface area contributed by atoms with Gasteiger partial charge in [0.15, 0.2) is 0 Å². The van der Waals surface area contributed by atoms with Crippen LogP contribution in [0.2, 0.25) is 0 Å².